The van der Waals surface area contributed by atoms with Gasteiger partial charge in [0.2, 0.25) is 0 Å². The SMILES string of the molecule is C1=C[C@@H](c2ccccc2)[C@H](C2CCCCC2)OCO1. The molecule has 102 valence electrons. The van der Waals surface area contributed by atoms with Crippen LogP contribution in [0.15, 0.2) is 42.7 Å². The smallest absolute Gasteiger partial charge is 0.188 e. The third-order valence-electron chi connectivity index (χ3n) is 4.36. The summed E-state index contributed by atoms with van der Waals surface area (Å²) in [6.07, 6.45) is 10.9. The fourth-order valence-corrected chi connectivity index (χ4v) is 3.38. The maximum atomic E-state index is 6.02. The number of benzene rings is 1. The summed E-state index contributed by atoms with van der Waals surface area (Å²) in [6, 6.07) is 10.7. The van der Waals surface area contributed by atoms with Crippen LogP contribution >= 0.6 is 0 Å². The maximum Gasteiger partial charge on any atom is 0.188 e. The summed E-state index contributed by atoms with van der Waals surface area (Å²) < 4.78 is 11.4. The first-order valence-corrected chi connectivity index (χ1v) is 7.40. The van der Waals surface area contributed by atoms with Gasteiger partial charge < -0.3 is 9.47 Å². The van der Waals surface area contributed by atoms with Crippen LogP contribution in [0.4, 0.5) is 0 Å². The van der Waals surface area contributed by atoms with E-state index in [2.05, 4.69) is 36.4 Å². The molecule has 1 saturated carbocycles. The van der Waals surface area contributed by atoms with Crippen LogP contribution in [0.25, 0.3) is 0 Å². The van der Waals surface area contributed by atoms with Gasteiger partial charge in [-0.15, -0.1) is 0 Å². The number of rotatable bonds is 2. The first kappa shape index (κ1) is 12.7. The van der Waals surface area contributed by atoms with Crippen LogP contribution in [0.2, 0.25) is 0 Å². The van der Waals surface area contributed by atoms with Gasteiger partial charge in [-0.1, -0.05) is 49.6 Å². The molecule has 0 saturated heterocycles. The molecule has 0 N–H and O–H groups in total. The summed E-state index contributed by atoms with van der Waals surface area (Å²) >= 11 is 0. The Hall–Kier alpha value is -1.28. The maximum absolute atomic E-state index is 6.02. The van der Waals surface area contributed by atoms with Crippen molar-refractivity contribution in [3.05, 3.63) is 48.2 Å². The number of hydrogen-bond acceptors (Lipinski definition) is 2. The zero-order valence-corrected chi connectivity index (χ0v) is 11.3. The van der Waals surface area contributed by atoms with E-state index in [0.29, 0.717) is 18.6 Å². The summed E-state index contributed by atoms with van der Waals surface area (Å²) in [6.45, 7) is 0.390. The Bertz CT molecular complexity index is 407. The first-order chi connectivity index (χ1) is 9.45. The van der Waals surface area contributed by atoms with E-state index in [1.807, 2.05) is 0 Å². The second-order valence-electron chi connectivity index (χ2n) is 5.58. The number of ether oxygens (including phenoxy) is 2. The molecule has 1 aromatic rings. The molecule has 0 amide bonds. The van der Waals surface area contributed by atoms with Gasteiger partial charge >= 0.3 is 0 Å². The zero-order valence-electron chi connectivity index (χ0n) is 11.3. The monoisotopic (exact) mass is 258 g/mol. The molecular weight excluding hydrogens is 236 g/mol. The molecule has 1 aliphatic carbocycles. The van der Waals surface area contributed by atoms with Gasteiger partial charge in [0.15, 0.2) is 6.79 Å². The molecule has 3 rings (SSSR count). The van der Waals surface area contributed by atoms with E-state index in [1.165, 1.54) is 37.7 Å². The largest absolute Gasteiger partial charge is 0.475 e. The molecule has 19 heavy (non-hydrogen) atoms. The minimum Gasteiger partial charge on any atom is -0.475 e. The van der Waals surface area contributed by atoms with E-state index in [4.69, 9.17) is 9.47 Å². The van der Waals surface area contributed by atoms with Crippen molar-refractivity contribution >= 4 is 0 Å². The van der Waals surface area contributed by atoms with Gasteiger partial charge in [-0.3, -0.25) is 0 Å². The lowest BCUT2D eigenvalue weighted by molar-refractivity contribution is -0.0807. The zero-order chi connectivity index (χ0) is 12.9. The first-order valence-electron chi connectivity index (χ1n) is 7.40. The average Bonchev–Trinajstić information content (AvgIpc) is 2.75. The van der Waals surface area contributed by atoms with Crippen LogP contribution in [0.1, 0.15) is 43.6 Å². The van der Waals surface area contributed by atoms with Crippen LogP contribution in [0.3, 0.4) is 0 Å². The normalized spacial score (nSPS) is 28.6. The van der Waals surface area contributed by atoms with Crippen LogP contribution in [-0.2, 0) is 9.47 Å². The molecule has 2 atom stereocenters. The van der Waals surface area contributed by atoms with Crippen molar-refractivity contribution in [3.8, 4) is 0 Å². The van der Waals surface area contributed by atoms with Gasteiger partial charge in [0, 0.05) is 5.92 Å². The van der Waals surface area contributed by atoms with Crippen molar-refractivity contribution in [3.63, 3.8) is 0 Å². The van der Waals surface area contributed by atoms with E-state index in [9.17, 15) is 0 Å². The van der Waals surface area contributed by atoms with E-state index in [-0.39, 0.29) is 6.10 Å². The van der Waals surface area contributed by atoms with Crippen LogP contribution in [-0.4, -0.2) is 12.9 Å². The Morgan fingerprint density at radius 1 is 0.947 bits per heavy atom. The van der Waals surface area contributed by atoms with Crippen molar-refractivity contribution < 1.29 is 9.47 Å². The average molecular weight is 258 g/mol. The standard InChI is InChI=1S/C17H22O2/c1-3-7-14(8-4-1)16-11-12-18-13-19-17(16)15-9-5-2-6-10-15/h1,3-4,7-8,11-12,15-17H,2,5-6,9-10,13H2/t16-,17-/m0/s1. The minimum absolute atomic E-state index is 0.265. The lowest BCUT2D eigenvalue weighted by Crippen LogP contribution is -2.31. The Morgan fingerprint density at radius 3 is 2.53 bits per heavy atom. The molecule has 0 unspecified atom stereocenters. The van der Waals surface area contributed by atoms with Gasteiger partial charge in [0.1, 0.15) is 0 Å². The third kappa shape index (κ3) is 3.01. The lowest BCUT2D eigenvalue weighted by Gasteiger charge is -2.33. The van der Waals surface area contributed by atoms with E-state index < -0.39 is 0 Å². The topological polar surface area (TPSA) is 18.5 Å². The highest BCUT2D eigenvalue weighted by Crippen LogP contribution is 2.37. The Labute approximate surface area is 115 Å². The van der Waals surface area contributed by atoms with E-state index >= 15 is 0 Å². The quantitative estimate of drug-likeness (QED) is 0.790. The summed E-state index contributed by atoms with van der Waals surface area (Å²) in [7, 11) is 0. The van der Waals surface area contributed by atoms with Gasteiger partial charge in [0.05, 0.1) is 12.4 Å². The molecule has 2 nitrogen and oxygen atoms in total. The molecular formula is C17H22O2. The summed E-state index contributed by atoms with van der Waals surface area (Å²) in [5, 5.41) is 0. The molecule has 0 radical (unpaired) electrons. The van der Waals surface area contributed by atoms with Crippen molar-refractivity contribution in [1.82, 2.24) is 0 Å². The van der Waals surface area contributed by atoms with Gasteiger partial charge in [-0.25, -0.2) is 0 Å². The lowest BCUT2D eigenvalue weighted by atomic mass is 9.78. The molecule has 2 aliphatic rings. The van der Waals surface area contributed by atoms with Crippen molar-refractivity contribution in [1.29, 1.82) is 0 Å². The number of hydrogen-bond donors (Lipinski definition) is 0. The molecule has 1 fully saturated rings. The van der Waals surface area contributed by atoms with E-state index in [0.717, 1.165) is 0 Å². The second kappa shape index (κ2) is 6.25. The molecule has 2 heteroatoms. The van der Waals surface area contributed by atoms with Crippen molar-refractivity contribution in [2.45, 2.75) is 44.1 Å². The molecule has 1 heterocycles. The predicted octanol–water partition coefficient (Wildman–Crippen LogP) is 4.24. The highest BCUT2D eigenvalue weighted by atomic mass is 16.7. The molecule has 0 aromatic heterocycles. The van der Waals surface area contributed by atoms with Crippen LogP contribution < -0.4 is 0 Å². The van der Waals surface area contributed by atoms with Gasteiger partial charge in [-0.05, 0) is 30.4 Å². The molecule has 1 aliphatic heterocycles. The van der Waals surface area contributed by atoms with Crippen molar-refractivity contribution in [2.75, 3.05) is 6.79 Å². The molecule has 0 bridgehead atoms. The third-order valence-corrected chi connectivity index (χ3v) is 4.36. The fraction of sp³-hybridized carbons (Fsp3) is 0.529. The van der Waals surface area contributed by atoms with Crippen LogP contribution in [0, 0.1) is 5.92 Å². The molecule has 0 spiro atoms. The summed E-state index contributed by atoms with van der Waals surface area (Å²) in [5.41, 5.74) is 1.33. The Morgan fingerprint density at radius 2 is 1.74 bits per heavy atom. The highest BCUT2D eigenvalue weighted by molar-refractivity contribution is 5.25. The fourth-order valence-electron chi connectivity index (χ4n) is 3.38. The predicted molar refractivity (Wildman–Crippen MR) is 75.7 cm³/mol. The van der Waals surface area contributed by atoms with Crippen LogP contribution in [0.5, 0.6) is 0 Å². The molecule has 1 aromatic carbocycles. The highest BCUT2D eigenvalue weighted by Gasteiger charge is 2.32. The second-order valence-corrected chi connectivity index (χ2v) is 5.58. The minimum atomic E-state index is 0.265. The summed E-state index contributed by atoms with van der Waals surface area (Å²) in [5.74, 6) is 0.997. The van der Waals surface area contributed by atoms with Gasteiger partial charge in [0.25, 0.3) is 0 Å². The summed E-state index contributed by atoms with van der Waals surface area (Å²) in [4.78, 5) is 0. The Kier molecular flexibility index (Phi) is 4.19. The Balaban J connectivity index is 1.83. The van der Waals surface area contributed by atoms with E-state index in [1.54, 1.807) is 6.26 Å². The van der Waals surface area contributed by atoms with Crippen molar-refractivity contribution in [2.24, 2.45) is 5.92 Å². The van der Waals surface area contributed by atoms with Gasteiger partial charge in [-0.2, -0.15) is 0 Å².